The monoisotopic (exact) mass is 282 g/mol. The zero-order valence-electron chi connectivity index (χ0n) is 10.1. The highest BCUT2D eigenvalue weighted by atomic mass is 79.9. The number of hydrogen-bond acceptors (Lipinski definition) is 2. The van der Waals surface area contributed by atoms with E-state index in [0.717, 1.165) is 17.4 Å². The fraction of sp³-hybridized carbons (Fsp3) is 0.538. The van der Waals surface area contributed by atoms with Gasteiger partial charge in [0, 0.05) is 28.3 Å². The molecule has 0 saturated carbocycles. The van der Waals surface area contributed by atoms with E-state index >= 15 is 0 Å². The van der Waals surface area contributed by atoms with Gasteiger partial charge in [0.15, 0.2) is 0 Å². The highest BCUT2D eigenvalue weighted by molar-refractivity contribution is 9.10. The first kappa shape index (κ1) is 11.9. The van der Waals surface area contributed by atoms with Crippen LogP contribution in [0.15, 0.2) is 22.7 Å². The second kappa shape index (κ2) is 4.38. The first-order chi connectivity index (χ1) is 7.44. The summed E-state index contributed by atoms with van der Waals surface area (Å²) in [6.45, 7) is 7.64. The van der Waals surface area contributed by atoms with Crippen LogP contribution in [0, 0.1) is 0 Å². The molecule has 2 nitrogen and oxygen atoms in total. The summed E-state index contributed by atoms with van der Waals surface area (Å²) in [4.78, 5) is 0. The largest absolute Gasteiger partial charge is 0.383 e. The van der Waals surface area contributed by atoms with Crippen molar-refractivity contribution in [3.63, 3.8) is 0 Å². The number of rotatable bonds is 1. The summed E-state index contributed by atoms with van der Waals surface area (Å²) in [7, 11) is 0. The molecule has 1 heterocycles. The van der Waals surface area contributed by atoms with Gasteiger partial charge >= 0.3 is 0 Å². The number of anilines is 1. The molecular formula is C13H19BrN2. The van der Waals surface area contributed by atoms with Crippen molar-refractivity contribution in [3.8, 4) is 0 Å². The Balaban J connectivity index is 2.11. The van der Waals surface area contributed by atoms with Gasteiger partial charge in [0.2, 0.25) is 0 Å². The van der Waals surface area contributed by atoms with Gasteiger partial charge in [-0.1, -0.05) is 15.9 Å². The quantitative estimate of drug-likeness (QED) is 0.827. The molecule has 1 atom stereocenters. The third-order valence-electron chi connectivity index (χ3n) is 2.71. The third-order valence-corrected chi connectivity index (χ3v) is 3.20. The molecule has 2 N–H and O–H groups in total. The van der Waals surface area contributed by atoms with Gasteiger partial charge in [-0.15, -0.1) is 0 Å². The Morgan fingerprint density at radius 1 is 1.38 bits per heavy atom. The molecule has 0 saturated heterocycles. The van der Waals surface area contributed by atoms with Crippen molar-refractivity contribution >= 4 is 21.6 Å². The molecule has 1 unspecified atom stereocenters. The van der Waals surface area contributed by atoms with Crippen LogP contribution in [0.2, 0.25) is 0 Å². The van der Waals surface area contributed by atoms with Gasteiger partial charge in [0.1, 0.15) is 0 Å². The molecule has 1 aliphatic heterocycles. The van der Waals surface area contributed by atoms with Crippen molar-refractivity contribution in [2.45, 2.75) is 38.8 Å². The molecule has 0 radical (unpaired) electrons. The second-order valence-electron chi connectivity index (χ2n) is 5.48. The van der Waals surface area contributed by atoms with Crippen molar-refractivity contribution in [1.29, 1.82) is 0 Å². The summed E-state index contributed by atoms with van der Waals surface area (Å²) in [5, 5.41) is 7.12. The van der Waals surface area contributed by atoms with Gasteiger partial charge in [0.25, 0.3) is 0 Å². The van der Waals surface area contributed by atoms with Gasteiger partial charge in [-0.2, -0.15) is 0 Å². The minimum absolute atomic E-state index is 0.176. The Morgan fingerprint density at radius 3 is 2.81 bits per heavy atom. The summed E-state index contributed by atoms with van der Waals surface area (Å²) < 4.78 is 1.16. The molecule has 1 aromatic carbocycles. The Labute approximate surface area is 106 Å². The molecule has 1 aromatic rings. The summed E-state index contributed by atoms with van der Waals surface area (Å²) in [5.41, 5.74) is 2.84. The van der Waals surface area contributed by atoms with Gasteiger partial charge in [-0.25, -0.2) is 0 Å². The zero-order valence-corrected chi connectivity index (χ0v) is 11.7. The fourth-order valence-electron chi connectivity index (χ4n) is 2.19. The maximum absolute atomic E-state index is 3.64. The first-order valence-corrected chi connectivity index (χ1v) is 6.53. The highest BCUT2D eigenvalue weighted by Crippen LogP contribution is 2.26. The minimum atomic E-state index is 0.176. The molecular weight excluding hydrogens is 264 g/mol. The predicted molar refractivity (Wildman–Crippen MR) is 73.0 cm³/mol. The maximum Gasteiger partial charge on any atom is 0.0374 e. The Hall–Kier alpha value is -0.540. The van der Waals surface area contributed by atoms with Crippen LogP contribution in [0.1, 0.15) is 26.3 Å². The van der Waals surface area contributed by atoms with Crippen LogP contribution in [-0.2, 0) is 6.42 Å². The molecule has 16 heavy (non-hydrogen) atoms. The van der Waals surface area contributed by atoms with Crippen molar-refractivity contribution in [3.05, 3.63) is 28.2 Å². The van der Waals surface area contributed by atoms with Crippen LogP contribution in [0.4, 0.5) is 5.69 Å². The van der Waals surface area contributed by atoms with Gasteiger partial charge in [-0.3, -0.25) is 0 Å². The van der Waals surface area contributed by atoms with E-state index in [1.54, 1.807) is 0 Å². The molecule has 1 aliphatic rings. The summed E-state index contributed by atoms with van der Waals surface area (Å²) in [6, 6.07) is 6.95. The molecule has 88 valence electrons. The summed E-state index contributed by atoms with van der Waals surface area (Å²) >= 11 is 3.52. The topological polar surface area (TPSA) is 24.1 Å². The standard InChI is InChI=1S/C13H19BrN2/c1-13(2,3)16-11-7-9-6-10(14)4-5-12(9)15-8-11/h4-6,11,15-16H,7-8H2,1-3H3. The van der Waals surface area contributed by atoms with Gasteiger partial charge in [-0.05, 0) is 51.0 Å². The van der Waals surface area contributed by atoms with E-state index in [-0.39, 0.29) is 5.54 Å². The predicted octanol–water partition coefficient (Wildman–Crippen LogP) is 3.17. The number of halogens is 1. The van der Waals surface area contributed by atoms with E-state index in [1.165, 1.54) is 11.3 Å². The van der Waals surface area contributed by atoms with Crippen molar-refractivity contribution in [2.24, 2.45) is 0 Å². The number of nitrogens with one attached hydrogen (secondary N) is 2. The van der Waals surface area contributed by atoms with Gasteiger partial charge in [0.05, 0.1) is 0 Å². The summed E-state index contributed by atoms with van der Waals surface area (Å²) in [6.07, 6.45) is 1.10. The number of benzene rings is 1. The molecule has 0 fully saturated rings. The fourth-order valence-corrected chi connectivity index (χ4v) is 2.60. The Kier molecular flexibility index (Phi) is 3.27. The smallest absolute Gasteiger partial charge is 0.0374 e. The number of fused-ring (bicyclic) bond motifs is 1. The van der Waals surface area contributed by atoms with Crippen molar-refractivity contribution in [2.75, 3.05) is 11.9 Å². The SMILES string of the molecule is CC(C)(C)NC1CNc2ccc(Br)cc2C1. The maximum atomic E-state index is 3.64. The van der Waals surface area contributed by atoms with Crippen LogP contribution < -0.4 is 10.6 Å². The number of hydrogen-bond donors (Lipinski definition) is 2. The average molecular weight is 283 g/mol. The molecule has 0 bridgehead atoms. The summed E-state index contributed by atoms with van der Waals surface area (Å²) in [5.74, 6) is 0. The van der Waals surface area contributed by atoms with Crippen LogP contribution >= 0.6 is 15.9 Å². The lowest BCUT2D eigenvalue weighted by molar-refractivity contribution is 0.360. The Bertz CT molecular complexity index is 382. The average Bonchev–Trinajstić information content (AvgIpc) is 2.14. The van der Waals surface area contributed by atoms with Crippen molar-refractivity contribution in [1.82, 2.24) is 5.32 Å². The normalized spacial score (nSPS) is 20.1. The molecule has 0 aliphatic carbocycles. The lowest BCUT2D eigenvalue weighted by Gasteiger charge is -2.33. The molecule has 0 spiro atoms. The Morgan fingerprint density at radius 2 is 2.12 bits per heavy atom. The first-order valence-electron chi connectivity index (χ1n) is 5.74. The van der Waals surface area contributed by atoms with Crippen LogP contribution in [0.5, 0.6) is 0 Å². The van der Waals surface area contributed by atoms with Crippen LogP contribution in [0.25, 0.3) is 0 Å². The van der Waals surface area contributed by atoms with E-state index in [4.69, 9.17) is 0 Å². The van der Waals surface area contributed by atoms with E-state index in [2.05, 4.69) is 65.5 Å². The van der Waals surface area contributed by atoms with E-state index in [1.807, 2.05) is 0 Å². The van der Waals surface area contributed by atoms with E-state index in [9.17, 15) is 0 Å². The van der Waals surface area contributed by atoms with Crippen molar-refractivity contribution < 1.29 is 0 Å². The molecule has 3 heteroatoms. The molecule has 0 amide bonds. The lowest BCUT2D eigenvalue weighted by Crippen LogP contribution is -2.49. The highest BCUT2D eigenvalue weighted by Gasteiger charge is 2.22. The lowest BCUT2D eigenvalue weighted by atomic mass is 9.97. The molecule has 2 rings (SSSR count). The second-order valence-corrected chi connectivity index (χ2v) is 6.39. The minimum Gasteiger partial charge on any atom is -0.383 e. The van der Waals surface area contributed by atoms with Crippen LogP contribution in [-0.4, -0.2) is 18.1 Å². The molecule has 0 aromatic heterocycles. The van der Waals surface area contributed by atoms with E-state index < -0.39 is 0 Å². The van der Waals surface area contributed by atoms with Crippen LogP contribution in [0.3, 0.4) is 0 Å². The third kappa shape index (κ3) is 2.98. The van der Waals surface area contributed by atoms with Gasteiger partial charge < -0.3 is 10.6 Å². The zero-order chi connectivity index (χ0) is 11.8. The van der Waals surface area contributed by atoms with E-state index in [0.29, 0.717) is 6.04 Å².